The van der Waals surface area contributed by atoms with Gasteiger partial charge in [-0.2, -0.15) is 0 Å². The highest BCUT2D eigenvalue weighted by molar-refractivity contribution is 5.89. The monoisotopic (exact) mass is 225 g/mol. The molecule has 0 radical (unpaired) electrons. The summed E-state index contributed by atoms with van der Waals surface area (Å²) >= 11 is 0. The first-order chi connectivity index (χ1) is 7.75. The van der Waals surface area contributed by atoms with Crippen molar-refractivity contribution in [3.63, 3.8) is 0 Å². The van der Waals surface area contributed by atoms with Gasteiger partial charge in [-0.05, 0) is 31.8 Å². The van der Waals surface area contributed by atoms with Crippen molar-refractivity contribution in [1.82, 2.24) is 16.0 Å². The molecule has 2 amide bonds. The molecule has 5 nitrogen and oxygen atoms in total. The summed E-state index contributed by atoms with van der Waals surface area (Å²) in [6, 6.07) is 0. The van der Waals surface area contributed by atoms with Crippen LogP contribution in [0.1, 0.15) is 19.3 Å². The number of piperidine rings is 1. The zero-order valence-corrected chi connectivity index (χ0v) is 9.42. The van der Waals surface area contributed by atoms with Gasteiger partial charge in [-0.15, -0.1) is 0 Å². The van der Waals surface area contributed by atoms with Crippen molar-refractivity contribution in [2.75, 3.05) is 26.2 Å². The smallest absolute Gasteiger partial charge is 0.225 e. The van der Waals surface area contributed by atoms with Crippen molar-refractivity contribution < 1.29 is 9.59 Å². The number of hydrogen-bond acceptors (Lipinski definition) is 3. The maximum absolute atomic E-state index is 11.7. The zero-order valence-electron chi connectivity index (χ0n) is 9.42. The number of rotatable bonds is 3. The molecule has 16 heavy (non-hydrogen) atoms. The number of nitrogens with one attached hydrogen (secondary N) is 3. The van der Waals surface area contributed by atoms with Gasteiger partial charge in [-0.3, -0.25) is 9.59 Å². The van der Waals surface area contributed by atoms with E-state index in [2.05, 4.69) is 16.0 Å². The number of amides is 2. The molecule has 0 aromatic heterocycles. The minimum atomic E-state index is -0.158. The lowest BCUT2D eigenvalue weighted by Gasteiger charge is -2.23. The molecule has 0 bridgehead atoms. The summed E-state index contributed by atoms with van der Waals surface area (Å²) in [5.41, 5.74) is 0. The first-order valence-electron chi connectivity index (χ1n) is 6.01. The molecule has 1 unspecified atom stereocenters. The molecular formula is C11H19N3O2. The minimum absolute atomic E-state index is 0.0120. The van der Waals surface area contributed by atoms with E-state index in [0.717, 1.165) is 32.5 Å². The van der Waals surface area contributed by atoms with Crippen LogP contribution in [-0.2, 0) is 9.59 Å². The van der Waals surface area contributed by atoms with E-state index in [1.807, 2.05) is 0 Å². The van der Waals surface area contributed by atoms with E-state index in [0.29, 0.717) is 18.9 Å². The van der Waals surface area contributed by atoms with Crippen LogP contribution in [0.3, 0.4) is 0 Å². The fourth-order valence-electron chi connectivity index (χ4n) is 2.27. The van der Waals surface area contributed by atoms with E-state index in [-0.39, 0.29) is 17.7 Å². The predicted octanol–water partition coefficient (Wildman–Crippen LogP) is -0.762. The van der Waals surface area contributed by atoms with E-state index in [1.54, 1.807) is 0 Å². The van der Waals surface area contributed by atoms with Gasteiger partial charge in [0.1, 0.15) is 0 Å². The van der Waals surface area contributed by atoms with Crippen LogP contribution < -0.4 is 16.0 Å². The Kier molecular flexibility index (Phi) is 3.77. The molecule has 0 aromatic carbocycles. The largest absolute Gasteiger partial charge is 0.356 e. The van der Waals surface area contributed by atoms with Crippen LogP contribution in [0.2, 0.25) is 0 Å². The second-order valence-corrected chi connectivity index (χ2v) is 4.64. The van der Waals surface area contributed by atoms with Crippen LogP contribution in [0.5, 0.6) is 0 Å². The van der Waals surface area contributed by atoms with Crippen LogP contribution in [0, 0.1) is 11.8 Å². The highest BCUT2D eigenvalue weighted by Crippen LogP contribution is 2.12. The van der Waals surface area contributed by atoms with Gasteiger partial charge in [0.2, 0.25) is 11.8 Å². The molecule has 2 fully saturated rings. The van der Waals surface area contributed by atoms with E-state index < -0.39 is 0 Å². The Morgan fingerprint density at radius 1 is 1.38 bits per heavy atom. The molecule has 0 spiro atoms. The van der Waals surface area contributed by atoms with Crippen molar-refractivity contribution in [1.29, 1.82) is 0 Å². The molecule has 5 heteroatoms. The second-order valence-electron chi connectivity index (χ2n) is 4.64. The molecular weight excluding hydrogens is 206 g/mol. The summed E-state index contributed by atoms with van der Waals surface area (Å²) in [7, 11) is 0. The molecule has 2 saturated heterocycles. The second kappa shape index (κ2) is 5.30. The zero-order chi connectivity index (χ0) is 11.4. The molecule has 2 aliphatic heterocycles. The number of carbonyl (C=O) groups excluding carboxylic acids is 2. The first-order valence-corrected chi connectivity index (χ1v) is 6.01. The third-order valence-electron chi connectivity index (χ3n) is 3.37. The molecule has 0 aromatic rings. The Labute approximate surface area is 95.3 Å². The van der Waals surface area contributed by atoms with Crippen molar-refractivity contribution in [3.05, 3.63) is 0 Å². The Hall–Kier alpha value is -1.10. The van der Waals surface area contributed by atoms with Gasteiger partial charge in [-0.1, -0.05) is 0 Å². The van der Waals surface area contributed by atoms with Crippen LogP contribution in [0.25, 0.3) is 0 Å². The maximum Gasteiger partial charge on any atom is 0.225 e. The van der Waals surface area contributed by atoms with Gasteiger partial charge in [0, 0.05) is 19.5 Å². The van der Waals surface area contributed by atoms with Crippen molar-refractivity contribution in [2.45, 2.75) is 19.3 Å². The molecule has 0 aliphatic carbocycles. The topological polar surface area (TPSA) is 70.2 Å². The number of hydrogen-bond donors (Lipinski definition) is 3. The van der Waals surface area contributed by atoms with Gasteiger partial charge < -0.3 is 16.0 Å². The Morgan fingerprint density at radius 3 is 2.75 bits per heavy atom. The summed E-state index contributed by atoms with van der Waals surface area (Å²) < 4.78 is 0. The molecule has 0 saturated carbocycles. The summed E-state index contributed by atoms with van der Waals surface area (Å²) in [5.74, 6) is 0.448. The average molecular weight is 225 g/mol. The standard InChI is InChI=1S/C11H19N3O2/c15-10-5-9(7-13-10)11(16)14-6-8-1-3-12-4-2-8/h8-9,12H,1-7H2,(H,13,15)(H,14,16). The van der Waals surface area contributed by atoms with E-state index in [9.17, 15) is 9.59 Å². The third kappa shape index (κ3) is 2.95. The molecule has 2 rings (SSSR count). The average Bonchev–Trinajstić information content (AvgIpc) is 2.74. The SMILES string of the molecule is O=C1CC(C(=O)NCC2CCNCC2)CN1. The van der Waals surface area contributed by atoms with Crippen LogP contribution in [-0.4, -0.2) is 38.0 Å². The number of carbonyl (C=O) groups is 2. The fourth-order valence-corrected chi connectivity index (χ4v) is 2.27. The lowest BCUT2D eigenvalue weighted by atomic mass is 9.98. The Bertz CT molecular complexity index is 274. The van der Waals surface area contributed by atoms with Crippen LogP contribution in [0.4, 0.5) is 0 Å². The van der Waals surface area contributed by atoms with E-state index >= 15 is 0 Å². The summed E-state index contributed by atoms with van der Waals surface area (Å²) in [6.45, 7) is 3.34. The molecule has 2 aliphatic rings. The Balaban J connectivity index is 1.68. The van der Waals surface area contributed by atoms with Gasteiger partial charge in [0.15, 0.2) is 0 Å². The van der Waals surface area contributed by atoms with Crippen LogP contribution >= 0.6 is 0 Å². The van der Waals surface area contributed by atoms with Crippen molar-refractivity contribution in [3.8, 4) is 0 Å². The molecule has 90 valence electrons. The summed E-state index contributed by atoms with van der Waals surface area (Å²) in [4.78, 5) is 22.7. The highest BCUT2D eigenvalue weighted by atomic mass is 16.2. The summed E-state index contributed by atoms with van der Waals surface area (Å²) in [5, 5.41) is 8.93. The quantitative estimate of drug-likeness (QED) is 0.591. The molecule has 3 N–H and O–H groups in total. The summed E-state index contributed by atoms with van der Waals surface area (Å²) in [6.07, 6.45) is 2.60. The third-order valence-corrected chi connectivity index (χ3v) is 3.37. The predicted molar refractivity (Wildman–Crippen MR) is 59.7 cm³/mol. The normalized spacial score (nSPS) is 26.5. The van der Waals surface area contributed by atoms with Crippen molar-refractivity contribution in [2.24, 2.45) is 11.8 Å². The van der Waals surface area contributed by atoms with E-state index in [4.69, 9.17) is 0 Å². The van der Waals surface area contributed by atoms with Gasteiger partial charge in [-0.25, -0.2) is 0 Å². The molecule has 1 atom stereocenters. The minimum Gasteiger partial charge on any atom is -0.356 e. The van der Waals surface area contributed by atoms with Gasteiger partial charge in [0.05, 0.1) is 5.92 Å². The highest BCUT2D eigenvalue weighted by Gasteiger charge is 2.28. The lowest BCUT2D eigenvalue weighted by molar-refractivity contribution is -0.126. The first kappa shape index (κ1) is 11.4. The maximum atomic E-state index is 11.7. The van der Waals surface area contributed by atoms with Crippen molar-refractivity contribution >= 4 is 11.8 Å². The van der Waals surface area contributed by atoms with Gasteiger partial charge >= 0.3 is 0 Å². The fraction of sp³-hybridized carbons (Fsp3) is 0.818. The van der Waals surface area contributed by atoms with Crippen LogP contribution in [0.15, 0.2) is 0 Å². The molecule has 2 heterocycles. The van der Waals surface area contributed by atoms with E-state index in [1.165, 1.54) is 0 Å². The van der Waals surface area contributed by atoms with Gasteiger partial charge in [0.25, 0.3) is 0 Å². The Morgan fingerprint density at radius 2 is 2.12 bits per heavy atom. The lowest BCUT2D eigenvalue weighted by Crippen LogP contribution is -2.38.